The maximum absolute atomic E-state index is 4.48. The van der Waals surface area contributed by atoms with Gasteiger partial charge in [-0.2, -0.15) is 0 Å². The molecule has 0 saturated heterocycles. The van der Waals surface area contributed by atoms with Crippen LogP contribution in [-0.2, 0) is 6.54 Å². The second-order valence-electron chi connectivity index (χ2n) is 5.22. The van der Waals surface area contributed by atoms with E-state index in [4.69, 9.17) is 0 Å². The summed E-state index contributed by atoms with van der Waals surface area (Å²) in [6.45, 7) is 5.34. The van der Waals surface area contributed by atoms with Crippen LogP contribution in [0.25, 0.3) is 11.0 Å². The maximum atomic E-state index is 4.48. The molecule has 1 aromatic carbocycles. The summed E-state index contributed by atoms with van der Waals surface area (Å²) in [6.07, 6.45) is 4.61. The third-order valence-corrected chi connectivity index (χ3v) is 3.37. The zero-order valence-corrected chi connectivity index (χ0v) is 10.5. The van der Waals surface area contributed by atoms with Crippen molar-refractivity contribution in [2.24, 2.45) is 0 Å². The lowest BCUT2D eigenvalue weighted by atomic mass is 10.2. The summed E-state index contributed by atoms with van der Waals surface area (Å²) in [7, 11) is 0. The Balaban J connectivity index is 1.85. The van der Waals surface area contributed by atoms with Gasteiger partial charge in [0.2, 0.25) is 0 Å². The van der Waals surface area contributed by atoms with Crippen LogP contribution < -0.4 is 5.32 Å². The smallest absolute Gasteiger partial charge is 0.0960 e. The fourth-order valence-electron chi connectivity index (χ4n) is 2.15. The molecular weight excluding hydrogens is 210 g/mol. The number of benzene rings is 1. The fraction of sp³-hybridized carbons (Fsp3) is 0.500. The van der Waals surface area contributed by atoms with Crippen molar-refractivity contribution in [3.63, 3.8) is 0 Å². The van der Waals surface area contributed by atoms with Crippen LogP contribution >= 0.6 is 0 Å². The van der Waals surface area contributed by atoms with E-state index in [0.717, 1.165) is 18.1 Å². The second kappa shape index (κ2) is 4.15. The molecule has 3 nitrogen and oxygen atoms in total. The van der Waals surface area contributed by atoms with Crippen LogP contribution in [0.2, 0.25) is 0 Å². The summed E-state index contributed by atoms with van der Waals surface area (Å²) in [6, 6.07) is 7.82. The molecule has 3 heteroatoms. The normalized spacial score (nSPS) is 15.9. The van der Waals surface area contributed by atoms with Crippen LogP contribution in [0.4, 0.5) is 0 Å². The first-order chi connectivity index (χ1) is 8.24. The topological polar surface area (TPSA) is 29.9 Å². The van der Waals surface area contributed by atoms with Gasteiger partial charge in [-0.1, -0.05) is 6.07 Å². The first-order valence-electron chi connectivity index (χ1n) is 6.43. The van der Waals surface area contributed by atoms with Crippen molar-refractivity contribution in [3.8, 4) is 0 Å². The molecule has 1 saturated carbocycles. The molecule has 90 valence electrons. The first kappa shape index (κ1) is 10.8. The Kier molecular flexibility index (Phi) is 2.63. The number of aromatic nitrogens is 2. The molecule has 0 unspecified atom stereocenters. The molecular formula is C14H19N3. The van der Waals surface area contributed by atoms with Gasteiger partial charge in [-0.05, 0) is 44.4 Å². The molecule has 1 aliphatic rings. The Morgan fingerprint density at radius 1 is 1.41 bits per heavy atom. The third kappa shape index (κ3) is 2.20. The largest absolute Gasteiger partial charge is 0.328 e. The number of fused-ring (bicyclic) bond motifs is 1. The molecule has 1 N–H and O–H groups in total. The highest BCUT2D eigenvalue weighted by atomic mass is 15.1. The van der Waals surface area contributed by atoms with E-state index in [0.29, 0.717) is 6.04 Å². The van der Waals surface area contributed by atoms with E-state index in [-0.39, 0.29) is 0 Å². The van der Waals surface area contributed by atoms with Crippen molar-refractivity contribution in [1.82, 2.24) is 14.9 Å². The van der Waals surface area contributed by atoms with Crippen molar-refractivity contribution < 1.29 is 0 Å². The van der Waals surface area contributed by atoms with E-state index in [2.05, 4.69) is 46.9 Å². The highest BCUT2D eigenvalue weighted by molar-refractivity contribution is 5.76. The van der Waals surface area contributed by atoms with Crippen LogP contribution in [0, 0.1) is 0 Å². The number of rotatable bonds is 4. The molecule has 0 aliphatic heterocycles. The first-order valence-corrected chi connectivity index (χ1v) is 6.43. The zero-order valence-electron chi connectivity index (χ0n) is 10.5. The van der Waals surface area contributed by atoms with Crippen LogP contribution in [0.3, 0.4) is 0 Å². The van der Waals surface area contributed by atoms with Gasteiger partial charge in [0.25, 0.3) is 0 Å². The van der Waals surface area contributed by atoms with Crippen LogP contribution in [0.15, 0.2) is 24.5 Å². The zero-order chi connectivity index (χ0) is 11.8. The van der Waals surface area contributed by atoms with Gasteiger partial charge in [0.15, 0.2) is 0 Å². The van der Waals surface area contributed by atoms with Gasteiger partial charge in [0, 0.05) is 18.6 Å². The van der Waals surface area contributed by atoms with E-state index < -0.39 is 0 Å². The van der Waals surface area contributed by atoms with Gasteiger partial charge in [-0.3, -0.25) is 0 Å². The molecule has 1 aromatic heterocycles. The van der Waals surface area contributed by atoms with Crippen molar-refractivity contribution in [2.45, 2.75) is 45.3 Å². The van der Waals surface area contributed by atoms with Gasteiger partial charge in [-0.25, -0.2) is 4.98 Å². The van der Waals surface area contributed by atoms with Gasteiger partial charge >= 0.3 is 0 Å². The van der Waals surface area contributed by atoms with E-state index in [1.807, 2.05) is 6.33 Å². The van der Waals surface area contributed by atoms with Crippen LogP contribution in [0.5, 0.6) is 0 Å². The summed E-state index contributed by atoms with van der Waals surface area (Å²) in [4.78, 5) is 4.48. The van der Waals surface area contributed by atoms with Gasteiger partial charge in [0.1, 0.15) is 0 Å². The van der Waals surface area contributed by atoms with E-state index in [1.54, 1.807) is 0 Å². The molecule has 0 atom stereocenters. The van der Waals surface area contributed by atoms with E-state index >= 15 is 0 Å². The molecule has 17 heavy (non-hydrogen) atoms. The predicted molar refractivity (Wildman–Crippen MR) is 70.0 cm³/mol. The maximum Gasteiger partial charge on any atom is 0.0960 e. The number of imidazole rings is 1. The molecule has 1 aliphatic carbocycles. The second-order valence-corrected chi connectivity index (χ2v) is 5.22. The Morgan fingerprint density at radius 2 is 2.24 bits per heavy atom. The lowest BCUT2D eigenvalue weighted by Crippen LogP contribution is -2.15. The van der Waals surface area contributed by atoms with Crippen molar-refractivity contribution in [3.05, 3.63) is 30.1 Å². The molecule has 3 rings (SSSR count). The number of nitrogens with one attached hydrogen (secondary N) is 1. The lowest BCUT2D eigenvalue weighted by molar-refractivity contribution is 0.617. The number of hydrogen-bond donors (Lipinski definition) is 1. The summed E-state index contributed by atoms with van der Waals surface area (Å²) < 4.78 is 2.22. The lowest BCUT2D eigenvalue weighted by Gasteiger charge is -2.08. The Labute approximate surface area is 102 Å². The van der Waals surface area contributed by atoms with Gasteiger partial charge < -0.3 is 9.88 Å². The molecule has 1 fully saturated rings. The quantitative estimate of drug-likeness (QED) is 0.873. The van der Waals surface area contributed by atoms with Gasteiger partial charge in [0.05, 0.1) is 17.4 Å². The summed E-state index contributed by atoms with van der Waals surface area (Å²) >= 11 is 0. The average Bonchev–Trinajstić information content (AvgIpc) is 3.04. The monoisotopic (exact) mass is 229 g/mol. The van der Waals surface area contributed by atoms with E-state index in [1.165, 1.54) is 23.9 Å². The van der Waals surface area contributed by atoms with Crippen LogP contribution in [0.1, 0.15) is 38.3 Å². The molecule has 0 radical (unpaired) electrons. The molecule has 0 amide bonds. The highest BCUT2D eigenvalue weighted by Gasteiger charge is 2.19. The highest BCUT2D eigenvalue weighted by Crippen LogP contribution is 2.21. The minimum Gasteiger partial charge on any atom is -0.328 e. The third-order valence-electron chi connectivity index (χ3n) is 3.37. The van der Waals surface area contributed by atoms with E-state index in [9.17, 15) is 0 Å². The number of nitrogens with zero attached hydrogens (tertiary/aromatic N) is 2. The molecule has 0 bridgehead atoms. The minimum atomic E-state index is 0.468. The van der Waals surface area contributed by atoms with Crippen molar-refractivity contribution in [1.29, 1.82) is 0 Å². The average molecular weight is 229 g/mol. The van der Waals surface area contributed by atoms with Gasteiger partial charge in [-0.15, -0.1) is 0 Å². The number of hydrogen-bond acceptors (Lipinski definition) is 2. The van der Waals surface area contributed by atoms with Crippen molar-refractivity contribution in [2.75, 3.05) is 0 Å². The SMILES string of the molecule is CC(C)n1cnc2cc(CNC3CC3)ccc21. The Morgan fingerprint density at radius 3 is 2.94 bits per heavy atom. The predicted octanol–water partition coefficient (Wildman–Crippen LogP) is 2.87. The Bertz CT molecular complexity index is 523. The molecule has 0 spiro atoms. The standard InChI is InChI=1S/C14H19N3/c1-10(2)17-9-16-13-7-11(3-6-14(13)17)8-15-12-4-5-12/h3,6-7,9-10,12,15H,4-5,8H2,1-2H3. The summed E-state index contributed by atoms with van der Waals surface area (Å²) in [5, 5.41) is 3.53. The minimum absolute atomic E-state index is 0.468. The van der Waals surface area contributed by atoms with Crippen LogP contribution in [-0.4, -0.2) is 15.6 Å². The summed E-state index contributed by atoms with van der Waals surface area (Å²) in [5.74, 6) is 0. The van der Waals surface area contributed by atoms with Crippen molar-refractivity contribution >= 4 is 11.0 Å². The Hall–Kier alpha value is -1.35. The molecule has 2 aromatic rings. The summed E-state index contributed by atoms with van der Waals surface area (Å²) in [5.41, 5.74) is 3.67. The fourth-order valence-corrected chi connectivity index (χ4v) is 2.15. The molecule has 1 heterocycles.